The van der Waals surface area contributed by atoms with Crippen molar-refractivity contribution in [3.8, 4) is 0 Å². The Bertz CT molecular complexity index is 315. The molecule has 2 N–H and O–H groups in total. The second-order valence-electron chi connectivity index (χ2n) is 2.80. The zero-order valence-electron chi connectivity index (χ0n) is 7.54. The van der Waals surface area contributed by atoms with Crippen LogP contribution in [0.1, 0.15) is 18.0 Å². The molecule has 0 bridgehead atoms. The summed E-state index contributed by atoms with van der Waals surface area (Å²) in [4.78, 5) is 0. The second-order valence-corrected chi connectivity index (χ2v) is 2.80. The maximum absolute atomic E-state index is 13.1. The van der Waals surface area contributed by atoms with Crippen molar-refractivity contribution >= 4 is 12.4 Å². The van der Waals surface area contributed by atoms with Crippen molar-refractivity contribution < 1.29 is 8.78 Å². The summed E-state index contributed by atoms with van der Waals surface area (Å²) in [7, 11) is 0. The molecule has 0 saturated carbocycles. The molecule has 0 aliphatic rings. The summed E-state index contributed by atoms with van der Waals surface area (Å²) in [5, 5.41) is 0. The van der Waals surface area contributed by atoms with Crippen LogP contribution in [0.4, 0.5) is 8.78 Å². The summed E-state index contributed by atoms with van der Waals surface area (Å²) >= 11 is 0. The van der Waals surface area contributed by atoms with E-state index in [0.29, 0.717) is 6.42 Å². The first-order valence-electron chi connectivity index (χ1n) is 3.96. The molecule has 1 nitrogen and oxygen atoms in total. The molecule has 1 atom stereocenters. The molecule has 0 radical (unpaired) electrons. The molecule has 0 aromatic heterocycles. The van der Waals surface area contributed by atoms with Gasteiger partial charge in [0.2, 0.25) is 0 Å². The van der Waals surface area contributed by atoms with E-state index in [-0.39, 0.29) is 18.0 Å². The van der Waals surface area contributed by atoms with Crippen LogP contribution in [0.15, 0.2) is 30.9 Å². The van der Waals surface area contributed by atoms with E-state index >= 15 is 0 Å². The highest BCUT2D eigenvalue weighted by atomic mass is 35.5. The van der Waals surface area contributed by atoms with Gasteiger partial charge in [-0.2, -0.15) is 0 Å². The van der Waals surface area contributed by atoms with E-state index < -0.39 is 17.7 Å². The van der Waals surface area contributed by atoms with Crippen molar-refractivity contribution in [3.63, 3.8) is 0 Å². The van der Waals surface area contributed by atoms with Crippen molar-refractivity contribution in [1.82, 2.24) is 0 Å². The largest absolute Gasteiger partial charge is 0.324 e. The molecule has 1 rings (SSSR count). The average Bonchev–Trinajstić information content (AvgIpc) is 2.09. The highest BCUT2D eigenvalue weighted by Crippen LogP contribution is 2.18. The van der Waals surface area contributed by atoms with Crippen LogP contribution in [0.5, 0.6) is 0 Å². The third kappa shape index (κ3) is 3.09. The second kappa shape index (κ2) is 5.73. The molecule has 14 heavy (non-hydrogen) atoms. The third-order valence-corrected chi connectivity index (χ3v) is 1.78. The van der Waals surface area contributed by atoms with Crippen molar-refractivity contribution in [1.29, 1.82) is 0 Å². The number of hydrogen-bond acceptors (Lipinski definition) is 1. The Labute approximate surface area is 88.0 Å². The zero-order valence-corrected chi connectivity index (χ0v) is 8.36. The molecule has 1 aromatic carbocycles. The summed E-state index contributed by atoms with van der Waals surface area (Å²) in [6.45, 7) is 3.48. The van der Waals surface area contributed by atoms with E-state index in [4.69, 9.17) is 5.73 Å². The molecule has 0 fully saturated rings. The van der Waals surface area contributed by atoms with E-state index in [2.05, 4.69) is 6.58 Å². The van der Waals surface area contributed by atoms with Gasteiger partial charge < -0.3 is 5.73 Å². The van der Waals surface area contributed by atoms with Crippen LogP contribution in [-0.4, -0.2) is 0 Å². The van der Waals surface area contributed by atoms with Crippen LogP contribution in [0, 0.1) is 11.6 Å². The minimum Gasteiger partial charge on any atom is -0.324 e. The Morgan fingerprint density at radius 3 is 2.64 bits per heavy atom. The molecular formula is C10H12ClF2N. The SMILES string of the molecule is C=CC[C@H](N)c1cc(F)ccc1F.Cl. The Morgan fingerprint density at radius 2 is 2.07 bits per heavy atom. The molecule has 0 aliphatic carbocycles. The summed E-state index contributed by atoms with van der Waals surface area (Å²) in [5.41, 5.74) is 5.79. The normalized spacial score (nSPS) is 11.6. The fourth-order valence-corrected chi connectivity index (χ4v) is 1.11. The molecule has 0 aliphatic heterocycles. The third-order valence-electron chi connectivity index (χ3n) is 1.78. The van der Waals surface area contributed by atoms with Crippen molar-refractivity contribution in [3.05, 3.63) is 48.1 Å². The maximum Gasteiger partial charge on any atom is 0.128 e. The van der Waals surface area contributed by atoms with E-state index in [1.165, 1.54) is 0 Å². The Kier molecular flexibility index (Phi) is 5.35. The Balaban J connectivity index is 0.00000169. The molecule has 0 spiro atoms. The summed E-state index contributed by atoms with van der Waals surface area (Å²) < 4.78 is 25.8. The number of halogens is 3. The molecule has 0 heterocycles. The molecule has 4 heteroatoms. The average molecular weight is 220 g/mol. The predicted molar refractivity (Wildman–Crippen MR) is 55.3 cm³/mol. The van der Waals surface area contributed by atoms with Gasteiger partial charge in [0.25, 0.3) is 0 Å². The number of rotatable bonds is 3. The first-order valence-corrected chi connectivity index (χ1v) is 3.96. The topological polar surface area (TPSA) is 26.0 Å². The molecule has 0 unspecified atom stereocenters. The minimum atomic E-state index is -0.520. The smallest absolute Gasteiger partial charge is 0.128 e. The van der Waals surface area contributed by atoms with Crippen molar-refractivity contribution in [2.45, 2.75) is 12.5 Å². The predicted octanol–water partition coefficient (Wildman–Crippen LogP) is 2.96. The number of hydrogen-bond donors (Lipinski definition) is 1. The van der Waals surface area contributed by atoms with Gasteiger partial charge in [0, 0.05) is 11.6 Å². The van der Waals surface area contributed by atoms with E-state index in [9.17, 15) is 8.78 Å². The van der Waals surface area contributed by atoms with Gasteiger partial charge in [-0.15, -0.1) is 19.0 Å². The van der Waals surface area contributed by atoms with Gasteiger partial charge in [-0.1, -0.05) is 6.08 Å². The first kappa shape index (κ1) is 13.1. The van der Waals surface area contributed by atoms with Crippen molar-refractivity contribution in [2.75, 3.05) is 0 Å². The van der Waals surface area contributed by atoms with Crippen LogP contribution in [0.2, 0.25) is 0 Å². The van der Waals surface area contributed by atoms with Gasteiger partial charge >= 0.3 is 0 Å². The van der Waals surface area contributed by atoms with Gasteiger partial charge in [-0.3, -0.25) is 0 Å². The van der Waals surface area contributed by atoms with Crippen molar-refractivity contribution in [2.24, 2.45) is 5.73 Å². The minimum absolute atomic E-state index is 0. The van der Waals surface area contributed by atoms with Crippen LogP contribution in [-0.2, 0) is 0 Å². The number of nitrogens with two attached hydrogens (primary N) is 1. The maximum atomic E-state index is 13.1. The fraction of sp³-hybridized carbons (Fsp3) is 0.200. The molecule has 1 aromatic rings. The van der Waals surface area contributed by atoms with Crippen LogP contribution in [0.3, 0.4) is 0 Å². The highest BCUT2D eigenvalue weighted by molar-refractivity contribution is 5.85. The lowest BCUT2D eigenvalue weighted by atomic mass is 10.0. The lowest BCUT2D eigenvalue weighted by molar-refractivity contribution is 0.563. The monoisotopic (exact) mass is 219 g/mol. The molecule has 0 saturated heterocycles. The van der Waals surface area contributed by atoms with Crippen LogP contribution < -0.4 is 5.73 Å². The Hall–Kier alpha value is -0.930. The molecular weight excluding hydrogens is 208 g/mol. The number of benzene rings is 1. The molecule has 78 valence electrons. The van der Waals surface area contributed by atoms with Crippen LogP contribution in [0.25, 0.3) is 0 Å². The van der Waals surface area contributed by atoms with E-state index in [1.807, 2.05) is 0 Å². The standard InChI is InChI=1S/C10H11F2N.ClH/c1-2-3-10(13)8-6-7(11)4-5-9(8)12;/h2,4-6,10H,1,3,13H2;1H/t10-;/m0./s1. The lowest BCUT2D eigenvalue weighted by Gasteiger charge is -2.10. The summed E-state index contributed by atoms with van der Waals surface area (Å²) in [5.74, 6) is -0.952. The van der Waals surface area contributed by atoms with Gasteiger partial charge in [0.05, 0.1) is 0 Å². The van der Waals surface area contributed by atoms with Gasteiger partial charge in [-0.25, -0.2) is 8.78 Å². The quantitative estimate of drug-likeness (QED) is 0.778. The lowest BCUT2D eigenvalue weighted by Crippen LogP contribution is -2.11. The van der Waals surface area contributed by atoms with E-state index in [0.717, 1.165) is 18.2 Å². The van der Waals surface area contributed by atoms with Gasteiger partial charge in [0.1, 0.15) is 11.6 Å². The van der Waals surface area contributed by atoms with E-state index in [1.54, 1.807) is 6.08 Å². The van der Waals surface area contributed by atoms with Gasteiger partial charge in [0.15, 0.2) is 0 Å². The van der Waals surface area contributed by atoms with Crippen LogP contribution >= 0.6 is 12.4 Å². The summed E-state index contributed by atoms with van der Waals surface area (Å²) in [6, 6.07) is 2.74. The molecule has 0 amide bonds. The van der Waals surface area contributed by atoms with Gasteiger partial charge in [-0.05, 0) is 24.6 Å². The summed E-state index contributed by atoms with van der Waals surface area (Å²) in [6.07, 6.45) is 2.01. The zero-order chi connectivity index (χ0) is 9.84. The Morgan fingerprint density at radius 1 is 1.43 bits per heavy atom. The fourth-order valence-electron chi connectivity index (χ4n) is 1.11. The highest BCUT2D eigenvalue weighted by Gasteiger charge is 2.10. The first-order chi connectivity index (χ1) is 6.15.